The number of nitrogens with two attached hydrogens (primary N) is 1. The molecular formula is C7H12N2. The number of fused-ring (bicyclic) bond motifs is 1. The molecule has 2 heterocycles. The van der Waals surface area contributed by atoms with Crippen molar-refractivity contribution in [2.75, 3.05) is 13.1 Å². The SMILES string of the molecule is NCC1CN2C=CCC12. The lowest BCUT2D eigenvalue weighted by molar-refractivity contribution is 0.0873. The molecule has 2 aliphatic rings. The van der Waals surface area contributed by atoms with Crippen molar-refractivity contribution in [3.05, 3.63) is 12.3 Å². The molecule has 1 fully saturated rings. The fourth-order valence-electron chi connectivity index (χ4n) is 1.73. The lowest BCUT2D eigenvalue weighted by Crippen LogP contribution is -2.53. The van der Waals surface area contributed by atoms with E-state index in [1.165, 1.54) is 13.0 Å². The second-order valence-electron chi connectivity index (χ2n) is 2.88. The van der Waals surface area contributed by atoms with Gasteiger partial charge in [-0.05, 0) is 19.2 Å². The van der Waals surface area contributed by atoms with Crippen molar-refractivity contribution in [3.8, 4) is 0 Å². The highest BCUT2D eigenvalue weighted by molar-refractivity contribution is 5.08. The van der Waals surface area contributed by atoms with Gasteiger partial charge < -0.3 is 10.6 Å². The summed E-state index contributed by atoms with van der Waals surface area (Å²) in [4.78, 5) is 2.37. The highest BCUT2D eigenvalue weighted by atomic mass is 15.2. The number of hydrogen-bond donors (Lipinski definition) is 1. The maximum Gasteiger partial charge on any atom is 0.0376 e. The van der Waals surface area contributed by atoms with Gasteiger partial charge in [0.2, 0.25) is 0 Å². The van der Waals surface area contributed by atoms with Crippen LogP contribution in [0.25, 0.3) is 0 Å². The maximum absolute atomic E-state index is 5.54. The summed E-state index contributed by atoms with van der Waals surface area (Å²) < 4.78 is 0. The van der Waals surface area contributed by atoms with Crippen molar-refractivity contribution >= 4 is 0 Å². The first-order valence-corrected chi connectivity index (χ1v) is 3.54. The Morgan fingerprint density at radius 3 is 3.22 bits per heavy atom. The van der Waals surface area contributed by atoms with E-state index >= 15 is 0 Å². The number of rotatable bonds is 1. The fraction of sp³-hybridized carbons (Fsp3) is 0.714. The standard InChI is InChI=1S/C7H12N2/c8-4-6-5-9-3-1-2-7(6)9/h1,3,6-7H,2,4-5,8H2. The second kappa shape index (κ2) is 1.74. The molecule has 50 valence electrons. The van der Waals surface area contributed by atoms with Crippen LogP contribution in [0.15, 0.2) is 12.3 Å². The predicted molar refractivity (Wildman–Crippen MR) is 36.8 cm³/mol. The molecule has 2 aliphatic heterocycles. The monoisotopic (exact) mass is 124 g/mol. The Labute approximate surface area is 55.3 Å². The third kappa shape index (κ3) is 0.597. The largest absolute Gasteiger partial charge is 0.374 e. The Hall–Kier alpha value is -0.500. The molecule has 0 bridgehead atoms. The van der Waals surface area contributed by atoms with Crippen LogP contribution in [0, 0.1) is 5.92 Å². The van der Waals surface area contributed by atoms with Crippen LogP contribution in [0.3, 0.4) is 0 Å². The van der Waals surface area contributed by atoms with Crippen LogP contribution in [0.2, 0.25) is 0 Å². The Morgan fingerprint density at radius 2 is 2.56 bits per heavy atom. The summed E-state index contributed by atoms with van der Waals surface area (Å²) in [6.45, 7) is 2.06. The van der Waals surface area contributed by atoms with Gasteiger partial charge in [0.15, 0.2) is 0 Å². The van der Waals surface area contributed by atoms with E-state index in [-0.39, 0.29) is 0 Å². The average molecular weight is 124 g/mol. The molecule has 0 spiro atoms. The predicted octanol–water partition coefficient (Wildman–Crippen LogP) is 0.163. The first-order valence-electron chi connectivity index (χ1n) is 3.54. The number of hydrogen-bond acceptors (Lipinski definition) is 2. The summed E-state index contributed by atoms with van der Waals surface area (Å²) >= 11 is 0. The zero-order chi connectivity index (χ0) is 6.27. The van der Waals surface area contributed by atoms with Gasteiger partial charge in [0.1, 0.15) is 0 Å². The molecule has 0 saturated carbocycles. The molecule has 2 N–H and O–H groups in total. The van der Waals surface area contributed by atoms with E-state index in [0.717, 1.165) is 18.5 Å². The zero-order valence-electron chi connectivity index (χ0n) is 5.46. The van der Waals surface area contributed by atoms with Gasteiger partial charge in [0, 0.05) is 18.5 Å². The van der Waals surface area contributed by atoms with E-state index in [9.17, 15) is 0 Å². The van der Waals surface area contributed by atoms with Gasteiger partial charge in [0.05, 0.1) is 0 Å². The molecule has 2 nitrogen and oxygen atoms in total. The molecule has 0 aliphatic carbocycles. The van der Waals surface area contributed by atoms with Gasteiger partial charge in [-0.25, -0.2) is 0 Å². The molecule has 2 rings (SSSR count). The van der Waals surface area contributed by atoms with E-state index in [2.05, 4.69) is 17.2 Å². The van der Waals surface area contributed by atoms with Gasteiger partial charge in [-0.2, -0.15) is 0 Å². The molecule has 0 aromatic carbocycles. The maximum atomic E-state index is 5.54. The summed E-state index contributed by atoms with van der Waals surface area (Å²) in [5.41, 5.74) is 5.54. The normalized spacial score (nSPS) is 38.6. The Bertz CT molecular complexity index is 142. The molecule has 2 unspecified atom stereocenters. The van der Waals surface area contributed by atoms with Gasteiger partial charge in [-0.15, -0.1) is 0 Å². The summed E-state index contributed by atoms with van der Waals surface area (Å²) in [5, 5.41) is 0. The molecule has 1 saturated heterocycles. The summed E-state index contributed by atoms with van der Waals surface area (Å²) in [6, 6.07) is 0.773. The third-order valence-corrected chi connectivity index (χ3v) is 2.39. The van der Waals surface area contributed by atoms with Gasteiger partial charge >= 0.3 is 0 Å². The Balaban J connectivity index is 1.97. The van der Waals surface area contributed by atoms with Crippen molar-refractivity contribution in [1.82, 2.24) is 4.90 Å². The molecule has 0 amide bonds. The molecule has 0 aromatic heterocycles. The Morgan fingerprint density at radius 1 is 1.67 bits per heavy atom. The van der Waals surface area contributed by atoms with Crippen molar-refractivity contribution in [3.63, 3.8) is 0 Å². The van der Waals surface area contributed by atoms with E-state index in [4.69, 9.17) is 5.73 Å². The van der Waals surface area contributed by atoms with Crippen LogP contribution in [-0.4, -0.2) is 24.0 Å². The van der Waals surface area contributed by atoms with Crippen LogP contribution >= 0.6 is 0 Å². The summed E-state index contributed by atoms with van der Waals surface area (Å²) in [7, 11) is 0. The smallest absolute Gasteiger partial charge is 0.0376 e. The zero-order valence-corrected chi connectivity index (χ0v) is 5.46. The Kier molecular flexibility index (Phi) is 1.02. The van der Waals surface area contributed by atoms with Crippen LogP contribution in [-0.2, 0) is 0 Å². The first-order chi connectivity index (χ1) is 4.42. The van der Waals surface area contributed by atoms with Crippen molar-refractivity contribution < 1.29 is 0 Å². The molecule has 9 heavy (non-hydrogen) atoms. The summed E-state index contributed by atoms with van der Waals surface area (Å²) in [5.74, 6) is 0.778. The van der Waals surface area contributed by atoms with E-state index in [1.54, 1.807) is 0 Å². The lowest BCUT2D eigenvalue weighted by Gasteiger charge is -2.44. The van der Waals surface area contributed by atoms with E-state index in [1.807, 2.05) is 0 Å². The fourth-order valence-corrected chi connectivity index (χ4v) is 1.73. The highest BCUT2D eigenvalue weighted by Gasteiger charge is 2.37. The van der Waals surface area contributed by atoms with Crippen LogP contribution in [0.1, 0.15) is 6.42 Å². The highest BCUT2D eigenvalue weighted by Crippen LogP contribution is 2.31. The molecule has 2 atom stereocenters. The minimum absolute atomic E-state index is 0.773. The van der Waals surface area contributed by atoms with Gasteiger partial charge in [0.25, 0.3) is 0 Å². The minimum atomic E-state index is 0.773. The first kappa shape index (κ1) is 5.30. The lowest BCUT2D eigenvalue weighted by atomic mass is 9.89. The molecular weight excluding hydrogens is 112 g/mol. The third-order valence-electron chi connectivity index (χ3n) is 2.39. The van der Waals surface area contributed by atoms with Crippen molar-refractivity contribution in [2.45, 2.75) is 12.5 Å². The van der Waals surface area contributed by atoms with E-state index < -0.39 is 0 Å². The van der Waals surface area contributed by atoms with Crippen molar-refractivity contribution in [1.29, 1.82) is 0 Å². The quantitative estimate of drug-likeness (QED) is 0.539. The number of nitrogens with zero attached hydrogens (tertiary/aromatic N) is 1. The van der Waals surface area contributed by atoms with Crippen LogP contribution < -0.4 is 5.73 Å². The van der Waals surface area contributed by atoms with Crippen LogP contribution in [0.5, 0.6) is 0 Å². The molecule has 0 radical (unpaired) electrons. The average Bonchev–Trinajstić information content (AvgIpc) is 2.14. The van der Waals surface area contributed by atoms with Gasteiger partial charge in [-0.3, -0.25) is 0 Å². The summed E-state index contributed by atoms with van der Waals surface area (Å²) in [6.07, 6.45) is 5.65. The minimum Gasteiger partial charge on any atom is -0.374 e. The van der Waals surface area contributed by atoms with Gasteiger partial charge in [-0.1, -0.05) is 6.08 Å². The molecule has 0 aromatic rings. The second-order valence-corrected chi connectivity index (χ2v) is 2.88. The van der Waals surface area contributed by atoms with E-state index in [0.29, 0.717) is 0 Å². The topological polar surface area (TPSA) is 29.3 Å². The van der Waals surface area contributed by atoms with Crippen LogP contribution in [0.4, 0.5) is 0 Å². The van der Waals surface area contributed by atoms with Crippen molar-refractivity contribution in [2.24, 2.45) is 11.7 Å². The molecule has 2 heteroatoms.